The van der Waals surface area contributed by atoms with E-state index in [9.17, 15) is 14.0 Å². The molecule has 4 aromatic rings. The van der Waals surface area contributed by atoms with Crippen molar-refractivity contribution in [3.8, 4) is 10.6 Å². The first kappa shape index (κ1) is 19.7. The first-order valence-corrected chi connectivity index (χ1v) is 9.93. The molecule has 2 amide bonds. The molecule has 0 bridgehead atoms. The molecule has 0 saturated heterocycles. The van der Waals surface area contributed by atoms with Gasteiger partial charge in [0.05, 0.1) is 27.2 Å². The van der Waals surface area contributed by atoms with E-state index in [0.717, 1.165) is 10.9 Å². The van der Waals surface area contributed by atoms with E-state index in [1.54, 1.807) is 24.7 Å². The second kappa shape index (κ2) is 7.34. The maximum Gasteiger partial charge on any atom is 0.256 e. The minimum Gasteiger partial charge on any atom is -0.366 e. The normalized spacial score (nSPS) is 11.1. The van der Waals surface area contributed by atoms with Crippen LogP contribution in [0.5, 0.6) is 0 Å². The van der Waals surface area contributed by atoms with Crippen LogP contribution in [0.4, 0.5) is 10.1 Å². The Labute approximate surface area is 175 Å². The van der Waals surface area contributed by atoms with Crippen LogP contribution in [-0.2, 0) is 7.05 Å². The van der Waals surface area contributed by atoms with E-state index >= 15 is 0 Å². The summed E-state index contributed by atoms with van der Waals surface area (Å²) < 4.78 is 15.9. The number of aryl methyl sites for hydroxylation is 2. The molecular weight excluding hydrogens is 405 g/mol. The standard InChI is InChI=1S/C21H18FN5O2S/c1-10-14(22)7-12(19(23)28)8-15(10)25-21(29)13-9-16(17-5-4-6-30-17)24-20-18(13)11(2)26-27(20)3/h4-9H,1-3H3,(H2,23,28)(H,25,29). The van der Waals surface area contributed by atoms with Crippen molar-refractivity contribution in [3.63, 3.8) is 0 Å². The Kier molecular flexibility index (Phi) is 4.83. The molecule has 3 N–H and O–H groups in total. The molecule has 3 heterocycles. The van der Waals surface area contributed by atoms with Crippen LogP contribution in [0, 0.1) is 19.7 Å². The fraction of sp³-hybridized carbons (Fsp3) is 0.143. The molecule has 3 aromatic heterocycles. The van der Waals surface area contributed by atoms with Gasteiger partial charge in [-0.05, 0) is 43.5 Å². The van der Waals surface area contributed by atoms with Crippen molar-refractivity contribution in [1.82, 2.24) is 14.8 Å². The number of pyridine rings is 1. The van der Waals surface area contributed by atoms with Crippen molar-refractivity contribution in [2.75, 3.05) is 5.32 Å². The molecule has 0 unspecified atom stereocenters. The summed E-state index contributed by atoms with van der Waals surface area (Å²) in [6.45, 7) is 3.31. The number of nitrogens with one attached hydrogen (secondary N) is 1. The smallest absolute Gasteiger partial charge is 0.256 e. The second-order valence-electron chi connectivity index (χ2n) is 6.89. The molecule has 0 aliphatic carbocycles. The van der Waals surface area contributed by atoms with Crippen LogP contribution >= 0.6 is 11.3 Å². The number of carbonyl (C=O) groups excluding carboxylic acids is 2. The fourth-order valence-corrected chi connectivity index (χ4v) is 4.00. The van der Waals surface area contributed by atoms with Crippen LogP contribution in [0.25, 0.3) is 21.6 Å². The van der Waals surface area contributed by atoms with Gasteiger partial charge in [0.25, 0.3) is 5.91 Å². The van der Waals surface area contributed by atoms with Gasteiger partial charge in [0, 0.05) is 23.9 Å². The number of primary amides is 1. The zero-order valence-electron chi connectivity index (χ0n) is 16.5. The molecule has 0 spiro atoms. The number of hydrogen-bond donors (Lipinski definition) is 2. The number of hydrogen-bond acceptors (Lipinski definition) is 5. The van der Waals surface area contributed by atoms with E-state index in [1.165, 1.54) is 24.3 Å². The van der Waals surface area contributed by atoms with Crippen molar-refractivity contribution in [1.29, 1.82) is 0 Å². The molecule has 4 rings (SSSR count). The number of benzene rings is 1. The molecule has 30 heavy (non-hydrogen) atoms. The SMILES string of the molecule is Cc1c(F)cc(C(N)=O)cc1NC(=O)c1cc(-c2cccs2)nc2c1c(C)nn2C. The average Bonchev–Trinajstić information content (AvgIpc) is 3.33. The molecule has 0 fully saturated rings. The maximum atomic E-state index is 14.2. The van der Waals surface area contributed by atoms with Gasteiger partial charge < -0.3 is 11.1 Å². The lowest BCUT2D eigenvalue weighted by molar-refractivity contribution is 0.0996. The Balaban J connectivity index is 1.85. The van der Waals surface area contributed by atoms with Crippen LogP contribution < -0.4 is 11.1 Å². The monoisotopic (exact) mass is 423 g/mol. The summed E-state index contributed by atoms with van der Waals surface area (Å²) in [6.07, 6.45) is 0. The minimum atomic E-state index is -0.779. The van der Waals surface area contributed by atoms with Crippen molar-refractivity contribution in [2.24, 2.45) is 12.8 Å². The molecule has 0 saturated carbocycles. The largest absolute Gasteiger partial charge is 0.366 e. The highest BCUT2D eigenvalue weighted by Crippen LogP contribution is 2.30. The van der Waals surface area contributed by atoms with Crippen LogP contribution in [0.15, 0.2) is 35.7 Å². The lowest BCUT2D eigenvalue weighted by Gasteiger charge is -2.12. The van der Waals surface area contributed by atoms with Crippen LogP contribution in [0.1, 0.15) is 32.0 Å². The van der Waals surface area contributed by atoms with Crippen molar-refractivity contribution < 1.29 is 14.0 Å². The van der Waals surface area contributed by atoms with Gasteiger partial charge in [-0.2, -0.15) is 5.10 Å². The van der Waals surface area contributed by atoms with Gasteiger partial charge in [0.2, 0.25) is 5.91 Å². The quantitative estimate of drug-likeness (QED) is 0.521. The predicted octanol–water partition coefficient (Wildman–Crippen LogP) is 3.80. The third-order valence-electron chi connectivity index (χ3n) is 4.86. The van der Waals surface area contributed by atoms with Crippen molar-refractivity contribution in [2.45, 2.75) is 13.8 Å². The number of halogens is 1. The number of aromatic nitrogens is 3. The molecule has 0 aliphatic rings. The summed E-state index contributed by atoms with van der Waals surface area (Å²) in [7, 11) is 1.76. The lowest BCUT2D eigenvalue weighted by Crippen LogP contribution is -2.17. The van der Waals surface area contributed by atoms with Crippen LogP contribution in [0.3, 0.4) is 0 Å². The third kappa shape index (κ3) is 3.33. The Bertz CT molecular complexity index is 1310. The zero-order valence-corrected chi connectivity index (χ0v) is 17.3. The van der Waals surface area contributed by atoms with Crippen molar-refractivity contribution in [3.05, 3.63) is 63.9 Å². The molecule has 0 aliphatic heterocycles. The molecule has 1 aromatic carbocycles. The predicted molar refractivity (Wildman–Crippen MR) is 114 cm³/mol. The van der Waals surface area contributed by atoms with Gasteiger partial charge in [0.15, 0.2) is 5.65 Å². The Morgan fingerprint density at radius 2 is 2.00 bits per heavy atom. The number of carbonyl (C=O) groups is 2. The Morgan fingerprint density at radius 3 is 2.67 bits per heavy atom. The number of nitrogens with zero attached hydrogens (tertiary/aromatic N) is 3. The minimum absolute atomic E-state index is 0.0230. The third-order valence-corrected chi connectivity index (χ3v) is 5.76. The second-order valence-corrected chi connectivity index (χ2v) is 7.84. The van der Waals surface area contributed by atoms with E-state index in [-0.39, 0.29) is 16.8 Å². The first-order valence-electron chi connectivity index (χ1n) is 9.05. The summed E-state index contributed by atoms with van der Waals surface area (Å²) in [5.41, 5.74) is 7.86. The van der Waals surface area contributed by atoms with Gasteiger partial charge in [-0.1, -0.05) is 6.07 Å². The Morgan fingerprint density at radius 1 is 1.23 bits per heavy atom. The molecular formula is C21H18FN5O2S. The molecule has 152 valence electrons. The average molecular weight is 423 g/mol. The fourth-order valence-electron chi connectivity index (χ4n) is 3.32. The van der Waals surface area contributed by atoms with Gasteiger partial charge in [-0.15, -0.1) is 11.3 Å². The number of anilines is 1. The van der Waals surface area contributed by atoms with E-state index in [1.807, 2.05) is 17.5 Å². The van der Waals surface area contributed by atoms with Crippen LogP contribution in [-0.4, -0.2) is 26.6 Å². The first-order chi connectivity index (χ1) is 14.3. The number of rotatable bonds is 4. The molecule has 0 radical (unpaired) electrons. The van der Waals surface area contributed by atoms with Gasteiger partial charge in [0.1, 0.15) is 5.82 Å². The molecule has 0 atom stereocenters. The van der Waals surface area contributed by atoms with Crippen molar-refractivity contribution >= 4 is 39.9 Å². The highest BCUT2D eigenvalue weighted by atomic mass is 32.1. The Hall–Kier alpha value is -3.59. The summed E-state index contributed by atoms with van der Waals surface area (Å²) in [6, 6.07) is 7.94. The summed E-state index contributed by atoms with van der Waals surface area (Å²) in [5, 5.41) is 9.64. The topological polar surface area (TPSA) is 103 Å². The number of fused-ring (bicyclic) bond motifs is 1. The lowest BCUT2D eigenvalue weighted by atomic mass is 10.1. The van der Waals surface area contributed by atoms with E-state index in [0.29, 0.717) is 28.0 Å². The molecule has 9 heteroatoms. The van der Waals surface area contributed by atoms with E-state index < -0.39 is 17.6 Å². The number of amides is 2. The van der Waals surface area contributed by atoms with E-state index in [4.69, 9.17) is 5.73 Å². The van der Waals surface area contributed by atoms with Gasteiger partial charge >= 0.3 is 0 Å². The summed E-state index contributed by atoms with van der Waals surface area (Å²) in [5.74, 6) is -1.86. The highest BCUT2D eigenvalue weighted by Gasteiger charge is 2.21. The highest BCUT2D eigenvalue weighted by molar-refractivity contribution is 7.13. The summed E-state index contributed by atoms with van der Waals surface area (Å²) >= 11 is 1.51. The number of nitrogens with two attached hydrogens (primary N) is 1. The zero-order chi connectivity index (χ0) is 21.6. The van der Waals surface area contributed by atoms with Gasteiger partial charge in [-0.3, -0.25) is 14.3 Å². The molecule has 7 nitrogen and oxygen atoms in total. The number of thiophene rings is 1. The van der Waals surface area contributed by atoms with Gasteiger partial charge in [-0.25, -0.2) is 9.37 Å². The maximum absolute atomic E-state index is 14.2. The van der Waals surface area contributed by atoms with E-state index in [2.05, 4.69) is 15.4 Å². The summed E-state index contributed by atoms with van der Waals surface area (Å²) in [4.78, 5) is 30.3. The van der Waals surface area contributed by atoms with Crippen LogP contribution in [0.2, 0.25) is 0 Å².